The minimum atomic E-state index is -4.97. The molecule has 5 atom stereocenters. The summed E-state index contributed by atoms with van der Waals surface area (Å²) in [5.41, 5.74) is 0. The van der Waals surface area contributed by atoms with Crippen LogP contribution in [-0.4, -0.2) is 96.7 Å². The van der Waals surface area contributed by atoms with Gasteiger partial charge in [0.05, 0.1) is 26.4 Å². The van der Waals surface area contributed by atoms with E-state index in [0.29, 0.717) is 25.7 Å². The van der Waals surface area contributed by atoms with Gasteiger partial charge in [-0.25, -0.2) is 9.13 Å². The van der Waals surface area contributed by atoms with Crippen LogP contribution in [0, 0.1) is 11.8 Å². The van der Waals surface area contributed by atoms with Crippen LogP contribution in [0.1, 0.15) is 510 Å². The number of phosphoric ester groups is 2. The summed E-state index contributed by atoms with van der Waals surface area (Å²) in [6.45, 7) is 9.72. The number of esters is 4. The molecule has 0 aliphatic carbocycles. The number of carbonyl (C=O) groups is 4. The average molecular weight is 1650 g/mol. The van der Waals surface area contributed by atoms with Crippen molar-refractivity contribution in [2.75, 3.05) is 39.6 Å². The number of hydrogen-bond donors (Lipinski definition) is 3. The first-order valence-electron chi connectivity index (χ1n) is 48.5. The van der Waals surface area contributed by atoms with Crippen molar-refractivity contribution in [3.63, 3.8) is 0 Å². The minimum absolute atomic E-state index is 0.109. The van der Waals surface area contributed by atoms with Gasteiger partial charge in [-0.05, 0) is 37.5 Å². The van der Waals surface area contributed by atoms with Gasteiger partial charge >= 0.3 is 39.5 Å². The zero-order valence-electron chi connectivity index (χ0n) is 74.7. The van der Waals surface area contributed by atoms with E-state index in [-0.39, 0.29) is 25.7 Å². The van der Waals surface area contributed by atoms with Crippen molar-refractivity contribution >= 4 is 39.5 Å². The van der Waals surface area contributed by atoms with Gasteiger partial charge in [0.25, 0.3) is 0 Å². The molecule has 0 heterocycles. The summed E-state index contributed by atoms with van der Waals surface area (Å²) in [7, 11) is -9.94. The maximum Gasteiger partial charge on any atom is 0.472 e. The maximum atomic E-state index is 13.2. The Hall–Kier alpha value is -1.94. The van der Waals surface area contributed by atoms with Crippen molar-refractivity contribution in [3.05, 3.63) is 0 Å². The van der Waals surface area contributed by atoms with Crippen LogP contribution in [0.5, 0.6) is 0 Å². The molecule has 0 aromatic heterocycles. The fourth-order valence-electron chi connectivity index (χ4n) is 14.8. The molecule has 113 heavy (non-hydrogen) atoms. The van der Waals surface area contributed by atoms with Gasteiger partial charge in [0.2, 0.25) is 0 Å². The molecule has 0 aromatic rings. The SMILES string of the molecule is CCCCCCCCCCCCCCCCCCCCCCCCC(=O)O[C@H](COC(=O)CCCCCCCCCCCCCCCCCCCCC(C)C)COP(=O)(O)OC[C@@H](O)COP(=O)(O)OC[C@@H](COC(=O)CCCCCCCCCCC(C)C)OC(=O)CCCCCCCCCCCCCCCCCCCCC. The molecule has 2 unspecified atom stereocenters. The number of aliphatic hydroxyl groups excluding tert-OH is 1. The van der Waals surface area contributed by atoms with Crippen LogP contribution in [0.15, 0.2) is 0 Å². The molecule has 3 N–H and O–H groups in total. The first kappa shape index (κ1) is 111. The highest BCUT2D eigenvalue weighted by Crippen LogP contribution is 2.45. The number of rotatable bonds is 93. The Morgan fingerprint density at radius 2 is 0.407 bits per heavy atom. The Morgan fingerprint density at radius 3 is 0.602 bits per heavy atom. The third-order valence-electron chi connectivity index (χ3n) is 22.2. The quantitative estimate of drug-likeness (QED) is 0.0222. The first-order chi connectivity index (χ1) is 54.9. The van der Waals surface area contributed by atoms with E-state index in [1.54, 1.807) is 0 Å². The predicted molar refractivity (Wildman–Crippen MR) is 469 cm³/mol. The molecule has 0 aliphatic heterocycles. The predicted octanol–water partition coefficient (Wildman–Crippen LogP) is 29.4. The zero-order chi connectivity index (χ0) is 82.7. The van der Waals surface area contributed by atoms with Crippen LogP contribution in [0.3, 0.4) is 0 Å². The van der Waals surface area contributed by atoms with Gasteiger partial charge in [-0.2, -0.15) is 0 Å². The second-order valence-corrected chi connectivity index (χ2v) is 37.6. The summed E-state index contributed by atoms with van der Waals surface area (Å²) in [5, 5.41) is 10.7. The van der Waals surface area contributed by atoms with Crippen LogP contribution in [-0.2, 0) is 65.4 Å². The van der Waals surface area contributed by atoms with Crippen molar-refractivity contribution in [1.29, 1.82) is 0 Å². The molecular formula is C94H184O17P2. The Balaban J connectivity index is 5.22. The average Bonchev–Trinajstić information content (AvgIpc) is 0.899. The molecule has 19 heteroatoms. The monoisotopic (exact) mass is 1650 g/mol. The summed E-state index contributed by atoms with van der Waals surface area (Å²) < 4.78 is 69.1. The molecule has 0 bridgehead atoms. The second-order valence-electron chi connectivity index (χ2n) is 34.7. The van der Waals surface area contributed by atoms with E-state index in [2.05, 4.69) is 41.5 Å². The molecule has 0 saturated carbocycles. The van der Waals surface area contributed by atoms with Gasteiger partial charge in [0, 0.05) is 25.7 Å². The lowest BCUT2D eigenvalue weighted by Crippen LogP contribution is -2.30. The molecule has 0 aromatic carbocycles. The highest BCUT2D eigenvalue weighted by atomic mass is 31.2. The summed E-state index contributed by atoms with van der Waals surface area (Å²) in [4.78, 5) is 73.5. The third kappa shape index (κ3) is 87.7. The summed E-state index contributed by atoms with van der Waals surface area (Å²) in [6, 6.07) is 0. The van der Waals surface area contributed by atoms with Crippen molar-refractivity contribution < 1.29 is 80.2 Å². The van der Waals surface area contributed by atoms with E-state index < -0.39 is 97.5 Å². The Kier molecular flexibility index (Phi) is 83.6. The summed E-state index contributed by atoms with van der Waals surface area (Å²) in [5.74, 6) is -0.545. The van der Waals surface area contributed by atoms with Crippen LogP contribution in [0.4, 0.5) is 0 Å². The summed E-state index contributed by atoms with van der Waals surface area (Å²) >= 11 is 0. The third-order valence-corrected chi connectivity index (χ3v) is 24.1. The molecule has 0 radical (unpaired) electrons. The molecule has 0 aliphatic rings. The fraction of sp³-hybridized carbons (Fsp3) is 0.957. The Bertz CT molecular complexity index is 2150. The van der Waals surface area contributed by atoms with E-state index in [1.165, 1.54) is 327 Å². The molecule has 17 nitrogen and oxygen atoms in total. The van der Waals surface area contributed by atoms with Crippen LogP contribution < -0.4 is 0 Å². The molecule has 0 fully saturated rings. The van der Waals surface area contributed by atoms with Gasteiger partial charge in [0.1, 0.15) is 19.3 Å². The van der Waals surface area contributed by atoms with E-state index in [9.17, 15) is 43.2 Å². The lowest BCUT2D eigenvalue weighted by Gasteiger charge is -2.21. The number of ether oxygens (including phenoxy) is 4. The number of phosphoric acid groups is 2. The topological polar surface area (TPSA) is 237 Å². The van der Waals surface area contributed by atoms with Gasteiger partial charge in [0.15, 0.2) is 12.2 Å². The van der Waals surface area contributed by atoms with Crippen molar-refractivity contribution in [3.8, 4) is 0 Å². The molecule has 0 rings (SSSR count). The van der Waals surface area contributed by atoms with Gasteiger partial charge < -0.3 is 33.8 Å². The summed E-state index contributed by atoms with van der Waals surface area (Å²) in [6.07, 6.45) is 80.9. The van der Waals surface area contributed by atoms with Crippen LogP contribution >= 0.6 is 15.6 Å². The molecule has 672 valence electrons. The Morgan fingerprint density at radius 1 is 0.239 bits per heavy atom. The lowest BCUT2D eigenvalue weighted by molar-refractivity contribution is -0.161. The van der Waals surface area contributed by atoms with E-state index >= 15 is 0 Å². The smallest absolute Gasteiger partial charge is 0.462 e. The van der Waals surface area contributed by atoms with E-state index in [0.717, 1.165) is 102 Å². The fourth-order valence-corrected chi connectivity index (χ4v) is 16.4. The number of carbonyl (C=O) groups excluding carboxylic acids is 4. The van der Waals surface area contributed by atoms with E-state index in [4.69, 9.17) is 37.0 Å². The molecule has 0 amide bonds. The molecule has 0 saturated heterocycles. The molecular weight excluding hydrogens is 1460 g/mol. The normalized spacial score (nSPS) is 13.7. The maximum absolute atomic E-state index is 13.2. The van der Waals surface area contributed by atoms with Crippen LogP contribution in [0.25, 0.3) is 0 Å². The van der Waals surface area contributed by atoms with Crippen LogP contribution in [0.2, 0.25) is 0 Å². The highest BCUT2D eigenvalue weighted by molar-refractivity contribution is 7.47. The van der Waals surface area contributed by atoms with Crippen molar-refractivity contribution in [1.82, 2.24) is 0 Å². The number of unbranched alkanes of at least 4 members (excludes halogenated alkanes) is 63. The zero-order valence-corrected chi connectivity index (χ0v) is 76.5. The lowest BCUT2D eigenvalue weighted by atomic mass is 10.0. The largest absolute Gasteiger partial charge is 0.472 e. The second kappa shape index (κ2) is 85.1. The van der Waals surface area contributed by atoms with Crippen molar-refractivity contribution in [2.45, 2.75) is 529 Å². The Labute approximate surface area is 696 Å². The van der Waals surface area contributed by atoms with Crippen molar-refractivity contribution in [2.24, 2.45) is 11.8 Å². The highest BCUT2D eigenvalue weighted by Gasteiger charge is 2.31. The van der Waals surface area contributed by atoms with Gasteiger partial charge in [-0.3, -0.25) is 37.3 Å². The standard InChI is InChI=1S/C94H184O17P2/c1-7-9-11-13-15-17-19-21-23-25-27-28-29-31-37-41-45-49-53-61-67-72-78-93(98)110-89(82-104-91(96)76-70-64-58-51-47-43-39-35-33-32-34-38-42-46-50-56-62-68-74-86(3)4)84-108-112(100,101)106-80-88(95)81-107-113(102,103)109-85-90(83-105-92(97)77-71-65-59-55-54-57-63-69-75-87(5)6)111-94(99)79-73-66-60-52-48-44-40-36-30-26-24-22-20-18-16-14-12-10-8-2/h86-90,95H,7-85H2,1-6H3,(H,100,101)(H,102,103)/t88-,89-,90-/m1/s1. The minimum Gasteiger partial charge on any atom is -0.462 e. The van der Waals surface area contributed by atoms with Gasteiger partial charge in [-0.15, -0.1) is 0 Å². The number of hydrogen-bond acceptors (Lipinski definition) is 15. The van der Waals surface area contributed by atoms with Gasteiger partial charge in [-0.1, -0.05) is 459 Å². The first-order valence-corrected chi connectivity index (χ1v) is 51.5. The number of aliphatic hydroxyl groups is 1. The van der Waals surface area contributed by atoms with E-state index in [1.807, 2.05) is 0 Å². The molecule has 0 spiro atoms.